The van der Waals surface area contributed by atoms with Crippen molar-refractivity contribution in [1.29, 1.82) is 0 Å². The molecule has 1 aliphatic heterocycles. The number of primary amides is 1. The third-order valence-electron chi connectivity index (χ3n) is 2.15. The van der Waals surface area contributed by atoms with Crippen LogP contribution in [-0.2, 0) is 9.59 Å². The fourth-order valence-electron chi connectivity index (χ4n) is 1.35. The highest BCUT2D eigenvalue weighted by Crippen LogP contribution is 1.89. The van der Waals surface area contributed by atoms with Crippen molar-refractivity contribution in [2.75, 3.05) is 39.3 Å². The topological polar surface area (TPSA) is 87.5 Å². The molecule has 1 aliphatic rings. The summed E-state index contributed by atoms with van der Waals surface area (Å²) in [6, 6.07) is 0. The number of carbonyl (C=O) groups excluding carboxylic acids is 2. The van der Waals surface area contributed by atoms with E-state index in [9.17, 15) is 9.59 Å². The van der Waals surface area contributed by atoms with E-state index < -0.39 is 11.8 Å². The Kier molecular flexibility index (Phi) is 4.34. The fourth-order valence-corrected chi connectivity index (χ4v) is 1.35. The van der Waals surface area contributed by atoms with Gasteiger partial charge in [-0.1, -0.05) is 0 Å². The number of hydrogen-bond donors (Lipinski definition) is 3. The van der Waals surface area contributed by atoms with E-state index in [-0.39, 0.29) is 0 Å². The first-order chi connectivity index (χ1) is 6.70. The van der Waals surface area contributed by atoms with E-state index in [1.165, 1.54) is 0 Å². The number of amides is 2. The molecule has 0 aliphatic carbocycles. The number of nitrogens with one attached hydrogen (secondary N) is 2. The normalized spacial score (nSPS) is 17.7. The molecular formula is C8H16N4O2. The molecule has 0 aromatic heterocycles. The average molecular weight is 200 g/mol. The van der Waals surface area contributed by atoms with Crippen LogP contribution in [-0.4, -0.2) is 56.0 Å². The summed E-state index contributed by atoms with van der Waals surface area (Å²) in [7, 11) is 0. The monoisotopic (exact) mass is 200 g/mol. The van der Waals surface area contributed by atoms with Crippen LogP contribution in [0.4, 0.5) is 0 Å². The Morgan fingerprint density at radius 3 is 2.57 bits per heavy atom. The predicted molar refractivity (Wildman–Crippen MR) is 51.5 cm³/mol. The number of nitrogens with zero attached hydrogens (tertiary/aromatic N) is 1. The summed E-state index contributed by atoms with van der Waals surface area (Å²) < 4.78 is 0. The molecule has 1 fully saturated rings. The van der Waals surface area contributed by atoms with E-state index in [0.29, 0.717) is 6.54 Å². The number of piperazine rings is 1. The lowest BCUT2D eigenvalue weighted by Gasteiger charge is -2.26. The van der Waals surface area contributed by atoms with Crippen LogP contribution in [0.15, 0.2) is 0 Å². The molecule has 0 saturated carbocycles. The fraction of sp³-hybridized carbons (Fsp3) is 0.750. The van der Waals surface area contributed by atoms with Gasteiger partial charge in [-0.2, -0.15) is 0 Å². The molecule has 0 radical (unpaired) electrons. The summed E-state index contributed by atoms with van der Waals surface area (Å²) in [4.78, 5) is 23.4. The van der Waals surface area contributed by atoms with Crippen molar-refractivity contribution in [2.24, 2.45) is 5.73 Å². The largest absolute Gasteiger partial charge is 0.361 e. The number of hydrogen-bond acceptors (Lipinski definition) is 4. The molecule has 0 bridgehead atoms. The lowest BCUT2D eigenvalue weighted by atomic mass is 10.3. The van der Waals surface area contributed by atoms with Crippen LogP contribution in [0, 0.1) is 0 Å². The van der Waals surface area contributed by atoms with Gasteiger partial charge in [0.05, 0.1) is 0 Å². The SMILES string of the molecule is NC(=O)C(=O)NCCN1CCNCC1. The molecule has 4 N–H and O–H groups in total. The zero-order valence-electron chi connectivity index (χ0n) is 8.08. The number of rotatable bonds is 3. The molecule has 0 atom stereocenters. The maximum absolute atomic E-state index is 10.8. The minimum Gasteiger partial charge on any atom is -0.361 e. The summed E-state index contributed by atoms with van der Waals surface area (Å²) in [5, 5.41) is 5.68. The molecule has 1 rings (SSSR count). The van der Waals surface area contributed by atoms with Crippen molar-refractivity contribution in [3.63, 3.8) is 0 Å². The quantitative estimate of drug-likeness (QED) is 0.439. The molecule has 0 spiro atoms. The van der Waals surface area contributed by atoms with Gasteiger partial charge in [-0.05, 0) is 0 Å². The Hall–Kier alpha value is -1.14. The maximum Gasteiger partial charge on any atom is 0.309 e. The van der Waals surface area contributed by atoms with Gasteiger partial charge in [-0.3, -0.25) is 14.5 Å². The van der Waals surface area contributed by atoms with Crippen molar-refractivity contribution in [2.45, 2.75) is 0 Å². The van der Waals surface area contributed by atoms with E-state index >= 15 is 0 Å². The van der Waals surface area contributed by atoms with Gasteiger partial charge in [-0.15, -0.1) is 0 Å². The number of carbonyl (C=O) groups is 2. The van der Waals surface area contributed by atoms with Crippen LogP contribution in [0.5, 0.6) is 0 Å². The standard InChI is InChI=1S/C8H16N4O2/c9-7(13)8(14)11-3-6-12-4-1-10-2-5-12/h10H,1-6H2,(H2,9,13)(H,11,14). The third kappa shape index (κ3) is 3.71. The average Bonchev–Trinajstić information content (AvgIpc) is 2.19. The molecule has 2 amide bonds. The van der Waals surface area contributed by atoms with Crippen LogP contribution < -0.4 is 16.4 Å². The van der Waals surface area contributed by atoms with Gasteiger partial charge in [0.25, 0.3) is 0 Å². The Balaban J connectivity index is 2.08. The van der Waals surface area contributed by atoms with Crippen molar-refractivity contribution in [3.05, 3.63) is 0 Å². The van der Waals surface area contributed by atoms with Crippen molar-refractivity contribution >= 4 is 11.8 Å². The zero-order chi connectivity index (χ0) is 10.4. The van der Waals surface area contributed by atoms with Crippen LogP contribution in [0.1, 0.15) is 0 Å². The van der Waals surface area contributed by atoms with Crippen LogP contribution in [0.25, 0.3) is 0 Å². The number of nitrogens with two attached hydrogens (primary N) is 1. The second-order valence-corrected chi connectivity index (χ2v) is 3.21. The summed E-state index contributed by atoms with van der Waals surface area (Å²) in [5.74, 6) is -1.63. The maximum atomic E-state index is 10.8. The van der Waals surface area contributed by atoms with Crippen LogP contribution in [0.3, 0.4) is 0 Å². The smallest absolute Gasteiger partial charge is 0.309 e. The molecular weight excluding hydrogens is 184 g/mol. The Labute approximate surface area is 82.8 Å². The third-order valence-corrected chi connectivity index (χ3v) is 2.15. The Bertz CT molecular complexity index is 213. The van der Waals surface area contributed by atoms with E-state index in [1.54, 1.807) is 0 Å². The molecule has 0 aromatic carbocycles. The molecule has 0 unspecified atom stereocenters. The van der Waals surface area contributed by atoms with Crippen LogP contribution >= 0.6 is 0 Å². The molecule has 1 saturated heterocycles. The summed E-state index contributed by atoms with van der Waals surface area (Å²) >= 11 is 0. The first kappa shape index (κ1) is 10.9. The zero-order valence-corrected chi connectivity index (χ0v) is 8.08. The molecule has 6 heteroatoms. The molecule has 1 heterocycles. The molecule has 0 aromatic rings. The molecule has 6 nitrogen and oxygen atoms in total. The highest BCUT2D eigenvalue weighted by molar-refractivity contribution is 6.34. The Morgan fingerprint density at radius 2 is 2.00 bits per heavy atom. The minimum atomic E-state index is -0.926. The molecule has 80 valence electrons. The second-order valence-electron chi connectivity index (χ2n) is 3.21. The lowest BCUT2D eigenvalue weighted by Crippen LogP contribution is -2.47. The summed E-state index contributed by atoms with van der Waals surface area (Å²) in [5.41, 5.74) is 4.78. The van der Waals surface area contributed by atoms with Gasteiger partial charge >= 0.3 is 11.8 Å². The van der Waals surface area contributed by atoms with Crippen molar-refractivity contribution < 1.29 is 9.59 Å². The van der Waals surface area contributed by atoms with Crippen LogP contribution in [0.2, 0.25) is 0 Å². The Morgan fingerprint density at radius 1 is 1.36 bits per heavy atom. The first-order valence-corrected chi connectivity index (χ1v) is 4.71. The second kappa shape index (κ2) is 5.56. The predicted octanol–water partition coefficient (Wildman–Crippen LogP) is -2.51. The van der Waals surface area contributed by atoms with Crippen molar-refractivity contribution in [1.82, 2.24) is 15.5 Å². The van der Waals surface area contributed by atoms with Gasteiger partial charge in [0.1, 0.15) is 0 Å². The van der Waals surface area contributed by atoms with E-state index in [1.807, 2.05) is 0 Å². The van der Waals surface area contributed by atoms with E-state index in [2.05, 4.69) is 15.5 Å². The van der Waals surface area contributed by atoms with Crippen molar-refractivity contribution in [3.8, 4) is 0 Å². The summed E-state index contributed by atoms with van der Waals surface area (Å²) in [6.07, 6.45) is 0. The van der Waals surface area contributed by atoms with Gasteiger partial charge in [0, 0.05) is 39.3 Å². The van der Waals surface area contributed by atoms with E-state index in [0.717, 1.165) is 32.7 Å². The highest BCUT2D eigenvalue weighted by atomic mass is 16.2. The highest BCUT2D eigenvalue weighted by Gasteiger charge is 2.11. The van der Waals surface area contributed by atoms with Gasteiger partial charge in [-0.25, -0.2) is 0 Å². The minimum absolute atomic E-state index is 0.474. The van der Waals surface area contributed by atoms with E-state index in [4.69, 9.17) is 5.73 Å². The van der Waals surface area contributed by atoms with Gasteiger partial charge in [0.2, 0.25) is 0 Å². The summed E-state index contributed by atoms with van der Waals surface area (Å²) in [6.45, 7) is 5.15. The van der Waals surface area contributed by atoms with Gasteiger partial charge < -0.3 is 16.4 Å². The first-order valence-electron chi connectivity index (χ1n) is 4.71. The van der Waals surface area contributed by atoms with Gasteiger partial charge in [0.15, 0.2) is 0 Å². The molecule has 14 heavy (non-hydrogen) atoms. The lowest BCUT2D eigenvalue weighted by molar-refractivity contribution is -0.137.